The van der Waals surface area contributed by atoms with Crippen LogP contribution in [0, 0.1) is 50.6 Å². The summed E-state index contributed by atoms with van der Waals surface area (Å²) in [5.74, 6) is -4.10. The second-order valence-corrected chi connectivity index (χ2v) is 5.96. The zero-order valence-corrected chi connectivity index (χ0v) is 15.6. The minimum atomic E-state index is -4.10. The maximum atomic E-state index is 11.5. The topological polar surface area (TPSA) is 240 Å². The van der Waals surface area contributed by atoms with Crippen LogP contribution in [0.3, 0.4) is 0 Å². The maximum absolute atomic E-state index is 11.5. The van der Waals surface area contributed by atoms with E-state index in [2.05, 4.69) is 5.10 Å². The average molecular weight is 449 g/mol. The van der Waals surface area contributed by atoms with Gasteiger partial charge in [-0.2, -0.15) is 5.10 Å². The molecule has 0 saturated heterocycles. The van der Waals surface area contributed by atoms with E-state index in [9.17, 15) is 50.6 Å². The van der Waals surface area contributed by atoms with Crippen LogP contribution >= 0.6 is 0 Å². The lowest BCUT2D eigenvalue weighted by Gasteiger charge is -2.12. The van der Waals surface area contributed by atoms with Gasteiger partial charge in [0.2, 0.25) is 0 Å². The fourth-order valence-electron chi connectivity index (χ4n) is 2.55. The van der Waals surface area contributed by atoms with E-state index in [4.69, 9.17) is 0 Å². The molecule has 1 N–H and O–H groups in total. The number of nitrogens with zero attached hydrogens (tertiary/aromatic N) is 6. The van der Waals surface area contributed by atoms with Gasteiger partial charge in [-0.25, -0.2) is 0 Å². The van der Waals surface area contributed by atoms with E-state index in [1.807, 2.05) is 5.43 Å². The summed E-state index contributed by atoms with van der Waals surface area (Å²) in [5.41, 5.74) is -1.15. The van der Waals surface area contributed by atoms with E-state index in [0.29, 0.717) is 6.07 Å². The van der Waals surface area contributed by atoms with Gasteiger partial charge < -0.3 is 0 Å². The summed E-state index contributed by atoms with van der Waals surface area (Å²) in [5, 5.41) is 59.9. The summed E-state index contributed by atoms with van der Waals surface area (Å²) in [7, 11) is 0. The third-order valence-electron chi connectivity index (χ3n) is 4.07. The Bertz CT molecular complexity index is 1100. The van der Waals surface area contributed by atoms with Crippen molar-refractivity contribution in [3.63, 3.8) is 0 Å². The second kappa shape index (κ2) is 9.15. The van der Waals surface area contributed by atoms with Crippen molar-refractivity contribution < 1.29 is 24.6 Å². The predicted octanol–water partition coefficient (Wildman–Crippen LogP) is 2.00. The van der Waals surface area contributed by atoms with E-state index in [0.717, 1.165) is 12.1 Å². The van der Waals surface area contributed by atoms with E-state index < -0.39 is 59.6 Å². The molecule has 2 aromatic carbocycles. The molecule has 2 aromatic rings. The molecule has 0 aromatic heterocycles. The number of rotatable bonds is 10. The zero-order valence-electron chi connectivity index (χ0n) is 15.6. The van der Waals surface area contributed by atoms with E-state index in [1.54, 1.807) is 6.07 Å². The number of hydrogen-bond acceptors (Lipinski definition) is 12. The van der Waals surface area contributed by atoms with Crippen LogP contribution in [0.15, 0.2) is 53.6 Å². The number of anilines is 1. The summed E-state index contributed by atoms with van der Waals surface area (Å²) in [6.45, 7) is 0. The standard InChI is InChI=1S/C15H11N7O10/c23-18(24)11-6-7-12(13(9-11)19(25)26)16-17-14(8-10-4-2-1-3-5-10)15(20(27)28,21(29)30)22(31)32/h1-7,9,16H,8H2. The normalized spacial score (nSPS) is 11.4. The van der Waals surface area contributed by atoms with Crippen LogP contribution in [-0.2, 0) is 6.42 Å². The molecule has 0 aliphatic rings. The van der Waals surface area contributed by atoms with Gasteiger partial charge in [-0.05, 0) is 11.6 Å². The van der Waals surface area contributed by atoms with Crippen LogP contribution in [0.25, 0.3) is 0 Å². The fourth-order valence-corrected chi connectivity index (χ4v) is 2.55. The van der Waals surface area contributed by atoms with Crippen LogP contribution in [0.5, 0.6) is 0 Å². The van der Waals surface area contributed by atoms with E-state index in [1.165, 1.54) is 24.3 Å². The molecule has 17 nitrogen and oxygen atoms in total. The van der Waals surface area contributed by atoms with Crippen LogP contribution in [-0.4, -0.2) is 36.1 Å². The molecule has 0 radical (unpaired) electrons. The first-order valence-corrected chi connectivity index (χ1v) is 8.25. The quantitative estimate of drug-likeness (QED) is 0.238. The predicted molar refractivity (Wildman–Crippen MR) is 105 cm³/mol. The zero-order chi connectivity index (χ0) is 24.1. The molecule has 17 heteroatoms. The number of benzene rings is 2. The summed E-state index contributed by atoms with van der Waals surface area (Å²) < 4.78 is 0. The lowest BCUT2D eigenvalue weighted by molar-refractivity contribution is -0.945. The Morgan fingerprint density at radius 2 is 1.38 bits per heavy atom. The first-order valence-electron chi connectivity index (χ1n) is 8.25. The smallest absolute Gasteiger partial charge is 0.271 e. The van der Waals surface area contributed by atoms with Crippen molar-refractivity contribution in [2.24, 2.45) is 5.10 Å². The number of hydrogen-bond donors (Lipinski definition) is 1. The molecular weight excluding hydrogens is 438 g/mol. The van der Waals surface area contributed by atoms with Gasteiger partial charge in [-0.1, -0.05) is 30.3 Å². The summed E-state index contributed by atoms with van der Waals surface area (Å²) in [4.78, 5) is 49.3. The SMILES string of the molecule is O=[N+]([O-])c1ccc(NN=C(Cc2ccccc2)C([N+](=O)[O-])([N+](=O)[O-])[N+](=O)[O-])c([N+](=O)[O-])c1. The number of nitrogens with one attached hydrogen (secondary N) is 1. The Kier molecular flexibility index (Phi) is 6.63. The molecule has 0 amide bonds. The number of hydrazone groups is 1. The van der Waals surface area contributed by atoms with Crippen LogP contribution < -0.4 is 5.43 Å². The van der Waals surface area contributed by atoms with Gasteiger partial charge in [0.25, 0.3) is 11.4 Å². The highest BCUT2D eigenvalue weighted by molar-refractivity contribution is 5.92. The lowest BCUT2D eigenvalue weighted by Crippen LogP contribution is -2.60. The van der Waals surface area contributed by atoms with Gasteiger partial charge in [0.1, 0.15) is 5.69 Å². The average Bonchev–Trinajstić information content (AvgIpc) is 2.71. The Morgan fingerprint density at radius 3 is 1.84 bits per heavy atom. The highest BCUT2D eigenvalue weighted by atomic mass is 16.7. The third kappa shape index (κ3) is 4.40. The molecule has 0 aliphatic heterocycles. The molecule has 0 saturated carbocycles. The Hall–Kier alpha value is -5.09. The molecule has 166 valence electrons. The minimum Gasteiger partial charge on any atom is -0.271 e. The molecule has 0 bridgehead atoms. The Balaban J connectivity index is 2.66. The van der Waals surface area contributed by atoms with Crippen LogP contribution in [0.4, 0.5) is 17.1 Å². The van der Waals surface area contributed by atoms with Crippen LogP contribution in [0.2, 0.25) is 0 Å². The monoisotopic (exact) mass is 449 g/mol. The highest BCUT2D eigenvalue weighted by Crippen LogP contribution is 2.29. The maximum Gasteiger partial charge on any atom is 0.743 e. The van der Waals surface area contributed by atoms with Gasteiger partial charge in [-0.3, -0.25) is 56.0 Å². The van der Waals surface area contributed by atoms with Crippen molar-refractivity contribution in [3.05, 3.63) is 105 Å². The van der Waals surface area contributed by atoms with Crippen molar-refractivity contribution in [3.8, 4) is 0 Å². The van der Waals surface area contributed by atoms with Gasteiger partial charge in [0.05, 0.1) is 15.9 Å². The molecule has 0 fully saturated rings. The second-order valence-electron chi connectivity index (χ2n) is 5.96. The van der Waals surface area contributed by atoms with E-state index >= 15 is 0 Å². The van der Waals surface area contributed by atoms with Gasteiger partial charge in [0.15, 0.2) is 14.8 Å². The van der Waals surface area contributed by atoms with Crippen molar-refractivity contribution in [2.45, 2.75) is 12.2 Å². The highest BCUT2D eigenvalue weighted by Gasteiger charge is 2.75. The number of non-ortho nitro benzene ring substituents is 1. The molecular formula is C15H11N7O10. The van der Waals surface area contributed by atoms with Gasteiger partial charge in [0, 0.05) is 12.5 Å². The van der Waals surface area contributed by atoms with Crippen molar-refractivity contribution >= 4 is 22.8 Å². The third-order valence-corrected chi connectivity index (χ3v) is 4.07. The lowest BCUT2D eigenvalue weighted by atomic mass is 10.0. The van der Waals surface area contributed by atoms with Crippen LogP contribution in [0.1, 0.15) is 5.56 Å². The molecule has 0 unspecified atom stereocenters. The van der Waals surface area contributed by atoms with E-state index in [-0.39, 0.29) is 5.56 Å². The van der Waals surface area contributed by atoms with Gasteiger partial charge in [-0.15, -0.1) is 0 Å². The summed E-state index contributed by atoms with van der Waals surface area (Å²) in [6.07, 6.45) is -0.739. The summed E-state index contributed by atoms with van der Waals surface area (Å²) in [6, 6.07) is 9.44. The molecule has 2 rings (SSSR count). The van der Waals surface area contributed by atoms with Crippen molar-refractivity contribution in [1.29, 1.82) is 0 Å². The largest absolute Gasteiger partial charge is 0.743 e. The molecule has 0 atom stereocenters. The minimum absolute atomic E-state index is 0.182. The molecule has 0 heterocycles. The fraction of sp³-hybridized carbons (Fsp3) is 0.133. The number of nitro benzene ring substituents is 2. The molecule has 32 heavy (non-hydrogen) atoms. The Labute approximate surface area is 175 Å². The first kappa shape index (κ1) is 23.2. The first-order chi connectivity index (χ1) is 15.0. The molecule has 0 aliphatic carbocycles. The van der Waals surface area contributed by atoms with Gasteiger partial charge >= 0.3 is 11.5 Å². The van der Waals surface area contributed by atoms with Crippen molar-refractivity contribution in [2.75, 3.05) is 5.43 Å². The Morgan fingerprint density at radius 1 is 0.812 bits per heavy atom. The molecule has 0 spiro atoms. The van der Waals surface area contributed by atoms with Crippen molar-refractivity contribution in [1.82, 2.24) is 0 Å². The summed E-state index contributed by atoms with van der Waals surface area (Å²) >= 11 is 0. The number of nitro groups is 5.